The number of aromatic carboxylic acids is 1. The summed E-state index contributed by atoms with van der Waals surface area (Å²) in [4.78, 5) is 28.3. The van der Waals surface area contributed by atoms with E-state index < -0.39 is 11.4 Å². The number of carboxylic acids is 1. The zero-order valence-electron chi connectivity index (χ0n) is 10.4. The number of halogens is 1. The van der Waals surface area contributed by atoms with Crippen LogP contribution in [0.2, 0.25) is 5.15 Å². The Kier molecular flexibility index (Phi) is 3.36. The van der Waals surface area contributed by atoms with Crippen LogP contribution >= 0.6 is 11.6 Å². The molecular formula is C12H14ClN3O3. The summed E-state index contributed by atoms with van der Waals surface area (Å²) in [5, 5.41) is 9.10. The Bertz CT molecular complexity index is 549. The molecule has 1 aromatic heterocycles. The van der Waals surface area contributed by atoms with E-state index in [1.54, 1.807) is 6.92 Å². The van der Waals surface area contributed by atoms with Crippen LogP contribution in [0.25, 0.3) is 0 Å². The number of rotatable bonds is 3. The van der Waals surface area contributed by atoms with Crippen molar-refractivity contribution < 1.29 is 14.7 Å². The quantitative estimate of drug-likeness (QED) is 0.811. The Balaban J connectivity index is 2.29. The molecule has 1 aliphatic rings. The highest BCUT2D eigenvalue weighted by Crippen LogP contribution is 2.32. The van der Waals surface area contributed by atoms with Crippen LogP contribution in [0.5, 0.6) is 0 Å². The van der Waals surface area contributed by atoms with Crippen LogP contribution in [-0.2, 0) is 4.79 Å². The Morgan fingerprint density at radius 2 is 2.21 bits per heavy atom. The van der Waals surface area contributed by atoms with Gasteiger partial charge in [0.25, 0.3) is 0 Å². The summed E-state index contributed by atoms with van der Waals surface area (Å²) in [6.45, 7) is 2.79. The first-order valence-electron chi connectivity index (χ1n) is 5.77. The van der Waals surface area contributed by atoms with Gasteiger partial charge >= 0.3 is 5.97 Å². The molecular weight excluding hydrogens is 270 g/mol. The fourth-order valence-corrected chi connectivity index (χ4v) is 2.33. The van der Waals surface area contributed by atoms with Gasteiger partial charge in [0.05, 0.1) is 11.0 Å². The third-order valence-corrected chi connectivity index (χ3v) is 3.61. The monoisotopic (exact) mass is 283 g/mol. The van der Waals surface area contributed by atoms with Crippen molar-refractivity contribution in [1.29, 1.82) is 0 Å². The lowest BCUT2D eigenvalue weighted by Gasteiger charge is -2.22. The van der Waals surface area contributed by atoms with E-state index in [0.717, 1.165) is 0 Å². The summed E-state index contributed by atoms with van der Waals surface area (Å²) in [6.07, 6.45) is 0.610. The lowest BCUT2D eigenvalue weighted by atomic mass is 9.89. The average Bonchev–Trinajstić information content (AvgIpc) is 2.72. The van der Waals surface area contributed by atoms with Crippen LogP contribution in [0.3, 0.4) is 0 Å². The molecule has 2 rings (SSSR count). The maximum absolute atomic E-state index is 11.4. The summed E-state index contributed by atoms with van der Waals surface area (Å²) >= 11 is 5.81. The fraction of sp³-hybridized carbons (Fsp3) is 0.417. The van der Waals surface area contributed by atoms with Crippen molar-refractivity contribution in [2.75, 3.05) is 18.0 Å². The summed E-state index contributed by atoms with van der Waals surface area (Å²) in [5.74, 6) is -0.979. The smallest absolute Gasteiger partial charge is 0.335 e. The minimum atomic E-state index is -1.07. The predicted octanol–water partition coefficient (Wildman–Crippen LogP) is 1.13. The largest absolute Gasteiger partial charge is 0.478 e. The molecule has 1 unspecified atom stereocenters. The van der Waals surface area contributed by atoms with E-state index in [1.165, 1.54) is 12.1 Å². The molecule has 19 heavy (non-hydrogen) atoms. The number of pyridine rings is 1. The van der Waals surface area contributed by atoms with E-state index >= 15 is 0 Å². The number of carbonyl (C=O) groups excluding carboxylic acids is 1. The van der Waals surface area contributed by atoms with Gasteiger partial charge in [-0.3, -0.25) is 4.79 Å². The van der Waals surface area contributed by atoms with Gasteiger partial charge in [-0.05, 0) is 25.5 Å². The Morgan fingerprint density at radius 1 is 1.53 bits per heavy atom. The molecule has 3 N–H and O–H groups in total. The number of amides is 1. The second kappa shape index (κ2) is 4.70. The Hall–Kier alpha value is -1.82. The SMILES string of the molecule is CC1(C(N)=O)CCN(c2cc(C(=O)O)cc(Cl)n2)C1. The number of aromatic nitrogens is 1. The molecule has 1 aliphatic heterocycles. The van der Waals surface area contributed by atoms with Crippen LogP contribution in [0, 0.1) is 5.41 Å². The van der Waals surface area contributed by atoms with Gasteiger partial charge in [-0.1, -0.05) is 11.6 Å². The van der Waals surface area contributed by atoms with Crippen molar-refractivity contribution in [2.45, 2.75) is 13.3 Å². The molecule has 0 saturated carbocycles. The minimum Gasteiger partial charge on any atom is -0.478 e. The van der Waals surface area contributed by atoms with Crippen LogP contribution in [-0.4, -0.2) is 35.1 Å². The Morgan fingerprint density at radius 3 is 2.74 bits per heavy atom. The van der Waals surface area contributed by atoms with Crippen molar-refractivity contribution in [1.82, 2.24) is 4.98 Å². The van der Waals surface area contributed by atoms with E-state index in [9.17, 15) is 9.59 Å². The molecule has 0 bridgehead atoms. The molecule has 6 nitrogen and oxygen atoms in total. The zero-order valence-corrected chi connectivity index (χ0v) is 11.1. The lowest BCUT2D eigenvalue weighted by molar-refractivity contribution is -0.125. The predicted molar refractivity (Wildman–Crippen MR) is 70.3 cm³/mol. The van der Waals surface area contributed by atoms with Crippen LogP contribution in [0.1, 0.15) is 23.7 Å². The zero-order chi connectivity index (χ0) is 14.2. The number of nitrogens with zero attached hydrogens (tertiary/aromatic N) is 2. The molecule has 2 heterocycles. The van der Waals surface area contributed by atoms with Crippen LogP contribution in [0.4, 0.5) is 5.82 Å². The van der Waals surface area contributed by atoms with Crippen molar-refractivity contribution in [2.24, 2.45) is 11.1 Å². The topological polar surface area (TPSA) is 96.5 Å². The number of nitrogens with two attached hydrogens (primary N) is 1. The number of carbonyl (C=O) groups is 2. The van der Waals surface area contributed by atoms with Gasteiger partial charge in [-0.25, -0.2) is 9.78 Å². The van der Waals surface area contributed by atoms with Gasteiger partial charge in [0.1, 0.15) is 11.0 Å². The molecule has 1 atom stereocenters. The van der Waals surface area contributed by atoms with Gasteiger partial charge in [-0.15, -0.1) is 0 Å². The van der Waals surface area contributed by atoms with Crippen molar-refractivity contribution >= 4 is 29.3 Å². The molecule has 7 heteroatoms. The lowest BCUT2D eigenvalue weighted by Crippen LogP contribution is -2.37. The normalized spacial score (nSPS) is 22.5. The number of hydrogen-bond donors (Lipinski definition) is 2. The number of primary amides is 1. The van der Waals surface area contributed by atoms with Gasteiger partial charge < -0.3 is 15.7 Å². The molecule has 1 amide bonds. The summed E-state index contributed by atoms with van der Waals surface area (Å²) < 4.78 is 0. The van der Waals surface area contributed by atoms with E-state index in [4.69, 9.17) is 22.4 Å². The van der Waals surface area contributed by atoms with Crippen molar-refractivity contribution in [3.8, 4) is 0 Å². The minimum absolute atomic E-state index is 0.0719. The standard InChI is InChI=1S/C12H14ClN3O3/c1-12(11(14)19)2-3-16(6-12)9-5-7(10(17)18)4-8(13)15-9/h4-5H,2-3,6H2,1H3,(H2,14,19)(H,17,18). The maximum atomic E-state index is 11.4. The Labute approximate surface area is 115 Å². The first-order valence-corrected chi connectivity index (χ1v) is 6.15. The highest BCUT2D eigenvalue weighted by atomic mass is 35.5. The van der Waals surface area contributed by atoms with E-state index in [1.807, 2.05) is 4.90 Å². The molecule has 0 aliphatic carbocycles. The number of anilines is 1. The summed E-state index contributed by atoms with van der Waals surface area (Å²) in [6, 6.07) is 2.73. The van der Waals surface area contributed by atoms with Gasteiger partial charge in [0.15, 0.2) is 0 Å². The van der Waals surface area contributed by atoms with Gasteiger partial charge in [0, 0.05) is 13.1 Å². The second-order valence-electron chi connectivity index (χ2n) is 4.94. The van der Waals surface area contributed by atoms with Gasteiger partial charge in [-0.2, -0.15) is 0 Å². The van der Waals surface area contributed by atoms with E-state index in [2.05, 4.69) is 4.98 Å². The first-order chi connectivity index (χ1) is 8.82. The van der Waals surface area contributed by atoms with Crippen LogP contribution in [0.15, 0.2) is 12.1 Å². The molecule has 1 fully saturated rings. The summed E-state index contributed by atoms with van der Waals surface area (Å²) in [7, 11) is 0. The summed E-state index contributed by atoms with van der Waals surface area (Å²) in [5.41, 5.74) is 4.83. The number of hydrogen-bond acceptors (Lipinski definition) is 4. The molecule has 0 aromatic carbocycles. The third kappa shape index (κ3) is 2.63. The highest BCUT2D eigenvalue weighted by Gasteiger charge is 2.39. The molecule has 0 spiro atoms. The average molecular weight is 284 g/mol. The van der Waals surface area contributed by atoms with Crippen molar-refractivity contribution in [3.05, 3.63) is 22.8 Å². The maximum Gasteiger partial charge on any atom is 0.335 e. The number of carboxylic acid groups (broad SMARTS) is 1. The second-order valence-corrected chi connectivity index (χ2v) is 5.33. The molecule has 1 saturated heterocycles. The van der Waals surface area contributed by atoms with Crippen molar-refractivity contribution in [3.63, 3.8) is 0 Å². The first kappa shape index (κ1) is 13.6. The van der Waals surface area contributed by atoms with E-state index in [0.29, 0.717) is 25.3 Å². The van der Waals surface area contributed by atoms with Crippen LogP contribution < -0.4 is 10.6 Å². The molecule has 102 valence electrons. The molecule has 1 aromatic rings. The van der Waals surface area contributed by atoms with E-state index in [-0.39, 0.29) is 16.6 Å². The fourth-order valence-electron chi connectivity index (χ4n) is 2.13. The van der Waals surface area contributed by atoms with Gasteiger partial charge in [0.2, 0.25) is 5.91 Å². The third-order valence-electron chi connectivity index (χ3n) is 3.42. The molecule has 0 radical (unpaired) electrons. The highest BCUT2D eigenvalue weighted by molar-refractivity contribution is 6.29.